The standard InChI is InChI=1S/C15H27N/c1-13(2)7-5-8-14(3)9-6-10-15(4)11-12-16/h7,9,11H,5-6,8,10,12,16H2,1-4H3/b14-9+,15-11+. The van der Waals surface area contributed by atoms with Gasteiger partial charge < -0.3 is 5.73 Å². The number of hydrogen-bond acceptors (Lipinski definition) is 1. The number of allylic oxidation sites excluding steroid dienone is 5. The fourth-order valence-electron chi connectivity index (χ4n) is 1.54. The summed E-state index contributed by atoms with van der Waals surface area (Å²) in [5, 5.41) is 0. The molecule has 0 aromatic rings. The second-order valence-corrected chi connectivity index (χ2v) is 4.70. The predicted octanol–water partition coefficient (Wildman–Crippen LogP) is 4.36. The minimum atomic E-state index is 0.662. The normalized spacial score (nSPS) is 12.8. The van der Waals surface area contributed by atoms with Gasteiger partial charge in [-0.3, -0.25) is 0 Å². The van der Waals surface area contributed by atoms with E-state index in [1.54, 1.807) is 0 Å². The van der Waals surface area contributed by atoms with Gasteiger partial charge in [0.1, 0.15) is 0 Å². The number of hydrogen-bond donors (Lipinski definition) is 1. The Hall–Kier alpha value is -0.820. The molecule has 92 valence electrons. The molecule has 2 N–H and O–H groups in total. The van der Waals surface area contributed by atoms with Crippen molar-refractivity contribution in [2.75, 3.05) is 6.54 Å². The Morgan fingerprint density at radius 1 is 0.812 bits per heavy atom. The molecule has 0 unspecified atom stereocenters. The lowest BCUT2D eigenvalue weighted by Gasteiger charge is -2.00. The van der Waals surface area contributed by atoms with E-state index in [4.69, 9.17) is 5.73 Å². The molecule has 1 nitrogen and oxygen atoms in total. The molecular weight excluding hydrogens is 194 g/mol. The molecule has 0 spiro atoms. The maximum Gasteiger partial charge on any atom is 0.0109 e. The van der Waals surface area contributed by atoms with E-state index in [1.165, 1.54) is 29.6 Å². The molecule has 16 heavy (non-hydrogen) atoms. The highest BCUT2D eigenvalue weighted by Crippen LogP contribution is 2.10. The summed E-state index contributed by atoms with van der Waals surface area (Å²) >= 11 is 0. The fourth-order valence-corrected chi connectivity index (χ4v) is 1.54. The van der Waals surface area contributed by atoms with Crippen molar-refractivity contribution in [1.29, 1.82) is 0 Å². The smallest absolute Gasteiger partial charge is 0.0109 e. The highest BCUT2D eigenvalue weighted by Gasteiger charge is 1.91. The van der Waals surface area contributed by atoms with Gasteiger partial charge in [0, 0.05) is 6.54 Å². The third-order valence-electron chi connectivity index (χ3n) is 2.59. The maximum atomic E-state index is 5.46. The van der Waals surface area contributed by atoms with Crippen molar-refractivity contribution >= 4 is 0 Å². The maximum absolute atomic E-state index is 5.46. The van der Waals surface area contributed by atoms with E-state index in [0.717, 1.165) is 12.8 Å². The average Bonchev–Trinajstić information content (AvgIpc) is 2.17. The van der Waals surface area contributed by atoms with Crippen LogP contribution in [0.2, 0.25) is 0 Å². The zero-order valence-corrected chi connectivity index (χ0v) is 11.3. The zero-order chi connectivity index (χ0) is 12.4. The summed E-state index contributed by atoms with van der Waals surface area (Å²) in [6.45, 7) is 9.34. The van der Waals surface area contributed by atoms with Crippen LogP contribution >= 0.6 is 0 Å². The first-order valence-corrected chi connectivity index (χ1v) is 6.21. The zero-order valence-electron chi connectivity index (χ0n) is 11.3. The van der Waals surface area contributed by atoms with Crippen LogP contribution in [0.25, 0.3) is 0 Å². The Morgan fingerprint density at radius 2 is 1.31 bits per heavy atom. The molecule has 0 fully saturated rings. The van der Waals surface area contributed by atoms with E-state index in [9.17, 15) is 0 Å². The van der Waals surface area contributed by atoms with Crippen LogP contribution in [0, 0.1) is 0 Å². The van der Waals surface area contributed by atoms with Crippen LogP contribution in [-0.4, -0.2) is 6.54 Å². The molecule has 0 amide bonds. The van der Waals surface area contributed by atoms with Crippen LogP contribution in [0.3, 0.4) is 0 Å². The first-order valence-electron chi connectivity index (χ1n) is 6.21. The minimum absolute atomic E-state index is 0.662. The Balaban J connectivity index is 3.79. The first-order chi connectivity index (χ1) is 7.56. The third-order valence-corrected chi connectivity index (χ3v) is 2.59. The average molecular weight is 221 g/mol. The number of nitrogens with two attached hydrogens (primary N) is 1. The second-order valence-electron chi connectivity index (χ2n) is 4.70. The fraction of sp³-hybridized carbons (Fsp3) is 0.600. The van der Waals surface area contributed by atoms with E-state index < -0.39 is 0 Å². The van der Waals surface area contributed by atoms with Crippen molar-refractivity contribution in [3.05, 3.63) is 34.9 Å². The summed E-state index contributed by atoms with van der Waals surface area (Å²) in [5.41, 5.74) is 9.77. The Kier molecular flexibility index (Phi) is 8.93. The molecule has 0 aliphatic heterocycles. The van der Waals surface area contributed by atoms with Crippen molar-refractivity contribution in [2.45, 2.75) is 53.4 Å². The molecule has 1 heteroatoms. The van der Waals surface area contributed by atoms with Gasteiger partial charge in [-0.05, 0) is 53.4 Å². The van der Waals surface area contributed by atoms with Gasteiger partial charge in [0.2, 0.25) is 0 Å². The summed E-state index contributed by atoms with van der Waals surface area (Å²) < 4.78 is 0. The monoisotopic (exact) mass is 221 g/mol. The lowest BCUT2D eigenvalue weighted by molar-refractivity contribution is 0.914. The molecule has 0 aliphatic rings. The summed E-state index contributed by atoms with van der Waals surface area (Å²) in [6.07, 6.45) is 11.4. The van der Waals surface area contributed by atoms with Crippen LogP contribution < -0.4 is 5.73 Å². The van der Waals surface area contributed by atoms with E-state index >= 15 is 0 Å². The van der Waals surface area contributed by atoms with Crippen molar-refractivity contribution < 1.29 is 0 Å². The molecule has 0 rings (SSSR count). The van der Waals surface area contributed by atoms with E-state index in [-0.39, 0.29) is 0 Å². The Morgan fingerprint density at radius 3 is 1.81 bits per heavy atom. The largest absolute Gasteiger partial charge is 0.327 e. The van der Waals surface area contributed by atoms with Crippen molar-refractivity contribution in [2.24, 2.45) is 5.73 Å². The van der Waals surface area contributed by atoms with E-state index in [1.807, 2.05) is 0 Å². The van der Waals surface area contributed by atoms with Gasteiger partial charge in [-0.25, -0.2) is 0 Å². The van der Waals surface area contributed by atoms with Gasteiger partial charge in [0.15, 0.2) is 0 Å². The molecule has 0 aromatic heterocycles. The van der Waals surface area contributed by atoms with Gasteiger partial charge in [-0.1, -0.05) is 34.9 Å². The van der Waals surface area contributed by atoms with Crippen molar-refractivity contribution in [3.63, 3.8) is 0 Å². The summed E-state index contributed by atoms with van der Waals surface area (Å²) in [6, 6.07) is 0. The van der Waals surface area contributed by atoms with Gasteiger partial charge in [-0.15, -0.1) is 0 Å². The molecule has 0 bridgehead atoms. The highest BCUT2D eigenvalue weighted by atomic mass is 14.5. The Bertz CT molecular complexity index is 265. The molecular formula is C15H27N. The lowest BCUT2D eigenvalue weighted by atomic mass is 10.1. The second kappa shape index (κ2) is 9.41. The lowest BCUT2D eigenvalue weighted by Crippen LogP contribution is -1.94. The van der Waals surface area contributed by atoms with Gasteiger partial charge in [-0.2, -0.15) is 0 Å². The summed E-state index contributed by atoms with van der Waals surface area (Å²) in [7, 11) is 0. The minimum Gasteiger partial charge on any atom is -0.327 e. The highest BCUT2D eigenvalue weighted by molar-refractivity contribution is 5.05. The molecule has 0 saturated heterocycles. The quantitative estimate of drug-likeness (QED) is 0.635. The SMILES string of the molecule is CC(C)=CCC/C(C)=C/CC/C(C)=C/CN. The molecule has 0 atom stereocenters. The van der Waals surface area contributed by atoms with Crippen molar-refractivity contribution in [1.82, 2.24) is 0 Å². The topological polar surface area (TPSA) is 26.0 Å². The van der Waals surface area contributed by atoms with Crippen LogP contribution in [0.4, 0.5) is 0 Å². The van der Waals surface area contributed by atoms with Gasteiger partial charge >= 0.3 is 0 Å². The van der Waals surface area contributed by atoms with Crippen LogP contribution in [0.5, 0.6) is 0 Å². The van der Waals surface area contributed by atoms with Crippen LogP contribution in [0.1, 0.15) is 53.4 Å². The van der Waals surface area contributed by atoms with Gasteiger partial charge in [0.05, 0.1) is 0 Å². The first kappa shape index (κ1) is 15.2. The third kappa shape index (κ3) is 9.72. The van der Waals surface area contributed by atoms with Crippen molar-refractivity contribution in [3.8, 4) is 0 Å². The van der Waals surface area contributed by atoms with E-state index in [0.29, 0.717) is 6.54 Å². The molecule has 0 radical (unpaired) electrons. The summed E-state index contributed by atoms with van der Waals surface area (Å²) in [4.78, 5) is 0. The predicted molar refractivity (Wildman–Crippen MR) is 74.5 cm³/mol. The molecule has 0 aliphatic carbocycles. The van der Waals surface area contributed by atoms with Gasteiger partial charge in [0.25, 0.3) is 0 Å². The number of rotatable bonds is 7. The molecule has 0 aromatic carbocycles. The molecule has 0 saturated carbocycles. The van der Waals surface area contributed by atoms with Crippen LogP contribution in [-0.2, 0) is 0 Å². The molecule has 0 heterocycles. The van der Waals surface area contributed by atoms with E-state index in [2.05, 4.69) is 45.9 Å². The Labute approximate surface area is 101 Å². The van der Waals surface area contributed by atoms with Crippen LogP contribution in [0.15, 0.2) is 34.9 Å². The summed E-state index contributed by atoms with van der Waals surface area (Å²) in [5.74, 6) is 0.